The summed E-state index contributed by atoms with van der Waals surface area (Å²) in [5.74, 6) is -0.222. The van der Waals surface area contributed by atoms with Gasteiger partial charge < -0.3 is 28.8 Å². The molecule has 0 saturated carbocycles. The molecule has 8 nitrogen and oxygen atoms in total. The topological polar surface area (TPSA) is 108 Å². The van der Waals surface area contributed by atoms with Crippen molar-refractivity contribution in [1.82, 2.24) is 5.32 Å². The number of rotatable bonds is 28. The first kappa shape index (κ1) is 40.7. The number of hydrogen-bond acceptors (Lipinski definition) is 6. The molecular weight excluding hydrogens is 551 g/mol. The number of carbonyl (C=O) groups is 1. The summed E-state index contributed by atoms with van der Waals surface area (Å²) in [6.07, 6.45) is 27.7. The Morgan fingerprint density at radius 1 is 0.810 bits per heavy atom. The average Bonchev–Trinajstić information content (AvgIpc) is 2.92. The van der Waals surface area contributed by atoms with Crippen LogP contribution < -0.4 is 10.2 Å². The molecule has 42 heavy (non-hydrogen) atoms. The summed E-state index contributed by atoms with van der Waals surface area (Å²) in [5, 5.41) is 13.5. The summed E-state index contributed by atoms with van der Waals surface area (Å²) in [5.41, 5.74) is 0. The number of aliphatic hydroxyl groups is 1. The van der Waals surface area contributed by atoms with Crippen LogP contribution in [-0.4, -0.2) is 68.5 Å². The SMILES string of the molecule is CCCC/C=C/CC/C=C/CC/C=C/C(O)C(COP(=O)([O-])OCC[N+](C)(C)C)NC(=O)CCCCCCCCCC. The summed E-state index contributed by atoms with van der Waals surface area (Å²) < 4.78 is 22.9. The number of phosphoric ester groups is 1. The molecule has 0 bridgehead atoms. The predicted octanol–water partition coefficient (Wildman–Crippen LogP) is 6.99. The summed E-state index contributed by atoms with van der Waals surface area (Å²) in [7, 11) is 1.23. The number of aliphatic hydroxyl groups excluding tert-OH is 1. The van der Waals surface area contributed by atoms with Crippen LogP contribution in [0.1, 0.15) is 117 Å². The van der Waals surface area contributed by atoms with Gasteiger partial charge in [0.15, 0.2) is 0 Å². The van der Waals surface area contributed by atoms with E-state index in [1.54, 1.807) is 6.08 Å². The van der Waals surface area contributed by atoms with E-state index in [0.29, 0.717) is 17.4 Å². The summed E-state index contributed by atoms with van der Waals surface area (Å²) in [6.45, 7) is 4.48. The number of amides is 1. The highest BCUT2D eigenvalue weighted by Crippen LogP contribution is 2.38. The van der Waals surface area contributed by atoms with Gasteiger partial charge in [-0.3, -0.25) is 9.36 Å². The summed E-state index contributed by atoms with van der Waals surface area (Å²) in [4.78, 5) is 24.9. The molecule has 3 unspecified atom stereocenters. The van der Waals surface area contributed by atoms with E-state index < -0.39 is 26.6 Å². The zero-order valence-electron chi connectivity index (χ0n) is 27.4. The normalized spacial score (nSPS) is 15.5. The lowest BCUT2D eigenvalue weighted by atomic mass is 10.1. The lowest BCUT2D eigenvalue weighted by molar-refractivity contribution is -0.870. The van der Waals surface area contributed by atoms with Crippen LogP contribution in [0, 0.1) is 0 Å². The highest BCUT2D eigenvalue weighted by Gasteiger charge is 2.23. The molecule has 0 aromatic carbocycles. The molecule has 0 spiro atoms. The van der Waals surface area contributed by atoms with Crippen LogP contribution in [-0.2, 0) is 18.4 Å². The maximum Gasteiger partial charge on any atom is 0.268 e. The van der Waals surface area contributed by atoms with Gasteiger partial charge in [0, 0.05) is 6.42 Å². The number of nitrogens with one attached hydrogen (secondary N) is 1. The molecule has 2 N–H and O–H groups in total. The van der Waals surface area contributed by atoms with Crippen molar-refractivity contribution in [1.29, 1.82) is 0 Å². The second-order valence-electron chi connectivity index (χ2n) is 12.1. The highest BCUT2D eigenvalue weighted by molar-refractivity contribution is 7.45. The van der Waals surface area contributed by atoms with Crippen LogP contribution >= 0.6 is 7.82 Å². The molecule has 0 fully saturated rings. The molecule has 3 atom stereocenters. The van der Waals surface area contributed by atoms with Gasteiger partial charge >= 0.3 is 0 Å². The Bertz CT molecular complexity index is 794. The van der Waals surface area contributed by atoms with Crippen molar-refractivity contribution in [3.8, 4) is 0 Å². The van der Waals surface area contributed by atoms with E-state index in [-0.39, 0.29) is 12.5 Å². The number of quaternary nitrogens is 1. The van der Waals surface area contributed by atoms with Gasteiger partial charge in [-0.25, -0.2) is 0 Å². The minimum absolute atomic E-state index is 0.00906. The van der Waals surface area contributed by atoms with Crippen molar-refractivity contribution >= 4 is 13.7 Å². The van der Waals surface area contributed by atoms with Crippen LogP contribution in [0.15, 0.2) is 36.5 Å². The fraction of sp³-hybridized carbons (Fsp3) is 0.788. The van der Waals surface area contributed by atoms with Crippen LogP contribution in [0.2, 0.25) is 0 Å². The largest absolute Gasteiger partial charge is 0.756 e. The van der Waals surface area contributed by atoms with Crippen molar-refractivity contribution in [3.63, 3.8) is 0 Å². The Morgan fingerprint density at radius 3 is 1.90 bits per heavy atom. The van der Waals surface area contributed by atoms with Crippen LogP contribution in [0.3, 0.4) is 0 Å². The van der Waals surface area contributed by atoms with Gasteiger partial charge in [-0.1, -0.05) is 108 Å². The number of phosphoric acid groups is 1. The zero-order valence-corrected chi connectivity index (χ0v) is 28.3. The van der Waals surface area contributed by atoms with E-state index in [1.165, 1.54) is 44.9 Å². The Hall–Kier alpha value is -1.28. The monoisotopic (exact) mass is 614 g/mol. The second-order valence-corrected chi connectivity index (χ2v) is 13.6. The lowest BCUT2D eigenvalue weighted by Gasteiger charge is -2.29. The highest BCUT2D eigenvalue weighted by atomic mass is 31.2. The molecule has 1 amide bonds. The number of allylic oxidation sites excluding steroid dienone is 5. The van der Waals surface area contributed by atoms with Gasteiger partial charge in [0.05, 0.1) is 39.9 Å². The Kier molecular flexibility index (Phi) is 25.4. The zero-order chi connectivity index (χ0) is 31.5. The Balaban J connectivity index is 4.74. The standard InChI is InChI=1S/C33H63N2O6P/c1-6-8-10-12-14-16-17-18-19-20-22-24-26-32(36)31(30-41-42(38,39)40-29-28-35(3,4)5)34-33(37)27-25-23-21-15-13-11-9-7-2/h12,14,18-19,24,26,31-32,36H,6-11,13,15-17,20-23,25,27-30H2,1-5H3,(H-,34,37,38,39)/b14-12+,19-18+,26-24+. The first-order valence-electron chi connectivity index (χ1n) is 16.4. The molecule has 0 aromatic rings. The smallest absolute Gasteiger partial charge is 0.268 e. The first-order chi connectivity index (χ1) is 20.0. The third kappa shape index (κ3) is 27.5. The van der Waals surface area contributed by atoms with Gasteiger partial charge in [-0.15, -0.1) is 0 Å². The van der Waals surface area contributed by atoms with Crippen molar-refractivity contribution in [2.45, 2.75) is 129 Å². The Labute approximate surface area is 257 Å². The van der Waals surface area contributed by atoms with Gasteiger partial charge in [0.25, 0.3) is 7.82 Å². The summed E-state index contributed by atoms with van der Waals surface area (Å²) in [6, 6.07) is -0.901. The molecule has 0 aliphatic heterocycles. The molecular formula is C33H63N2O6P. The first-order valence-corrected chi connectivity index (χ1v) is 17.8. The fourth-order valence-corrected chi connectivity index (χ4v) is 4.83. The van der Waals surface area contributed by atoms with E-state index >= 15 is 0 Å². The average molecular weight is 615 g/mol. The van der Waals surface area contributed by atoms with Crippen molar-refractivity contribution in [2.24, 2.45) is 0 Å². The van der Waals surface area contributed by atoms with E-state index in [0.717, 1.165) is 51.4 Å². The second kappa shape index (κ2) is 26.2. The van der Waals surface area contributed by atoms with E-state index in [1.807, 2.05) is 27.2 Å². The molecule has 246 valence electrons. The molecule has 0 rings (SSSR count). The quantitative estimate of drug-likeness (QED) is 0.0426. The third-order valence-electron chi connectivity index (χ3n) is 6.83. The van der Waals surface area contributed by atoms with Gasteiger partial charge in [0.1, 0.15) is 13.2 Å². The van der Waals surface area contributed by atoms with Crippen LogP contribution in [0.4, 0.5) is 0 Å². The molecule has 0 aliphatic rings. The van der Waals surface area contributed by atoms with Crippen molar-refractivity contribution < 1.29 is 32.9 Å². The minimum Gasteiger partial charge on any atom is -0.756 e. The van der Waals surface area contributed by atoms with E-state index in [9.17, 15) is 19.4 Å². The molecule has 0 saturated heterocycles. The predicted molar refractivity (Wildman–Crippen MR) is 173 cm³/mol. The summed E-state index contributed by atoms with van der Waals surface area (Å²) >= 11 is 0. The van der Waals surface area contributed by atoms with Crippen molar-refractivity contribution in [3.05, 3.63) is 36.5 Å². The maximum atomic E-state index is 12.6. The number of nitrogens with zero attached hydrogens (tertiary/aromatic N) is 1. The van der Waals surface area contributed by atoms with Crippen molar-refractivity contribution in [2.75, 3.05) is 40.9 Å². The lowest BCUT2D eigenvalue weighted by Crippen LogP contribution is -2.45. The molecule has 0 radical (unpaired) electrons. The number of hydrogen-bond donors (Lipinski definition) is 2. The number of likely N-dealkylation sites (N-methyl/N-ethyl adjacent to an activating group) is 1. The molecule has 9 heteroatoms. The van der Waals surface area contributed by atoms with Gasteiger partial charge in [-0.05, 0) is 38.5 Å². The Morgan fingerprint density at radius 2 is 1.33 bits per heavy atom. The number of carbonyl (C=O) groups excluding carboxylic acids is 1. The fourth-order valence-electron chi connectivity index (χ4n) is 4.11. The molecule has 0 aliphatic carbocycles. The van der Waals surface area contributed by atoms with E-state index in [2.05, 4.69) is 43.5 Å². The molecule has 0 heterocycles. The third-order valence-corrected chi connectivity index (χ3v) is 7.79. The molecule has 0 aromatic heterocycles. The van der Waals surface area contributed by atoms with Gasteiger partial charge in [-0.2, -0.15) is 0 Å². The van der Waals surface area contributed by atoms with Crippen LogP contribution in [0.5, 0.6) is 0 Å². The van der Waals surface area contributed by atoms with Crippen LogP contribution in [0.25, 0.3) is 0 Å². The van der Waals surface area contributed by atoms with Gasteiger partial charge in [0.2, 0.25) is 5.91 Å². The number of unbranched alkanes of at least 4 members (excludes halogenated alkanes) is 11. The minimum atomic E-state index is -4.58. The van der Waals surface area contributed by atoms with E-state index in [4.69, 9.17) is 9.05 Å². The maximum absolute atomic E-state index is 12.6.